The number of halogens is 1. The molecule has 68 valence electrons. The van der Waals surface area contributed by atoms with Gasteiger partial charge in [0, 0.05) is 12.0 Å². The largest absolute Gasteiger partial charge is 0.294 e. The second kappa shape index (κ2) is 3.15. The summed E-state index contributed by atoms with van der Waals surface area (Å²) in [5.74, 6) is 0.204. The third kappa shape index (κ3) is 1.37. The van der Waals surface area contributed by atoms with Gasteiger partial charge in [0.15, 0.2) is 5.78 Å². The van der Waals surface area contributed by atoms with Crippen molar-refractivity contribution >= 4 is 17.4 Å². The molecule has 0 fully saturated rings. The highest BCUT2D eigenvalue weighted by Gasteiger charge is 2.20. The number of carbonyl (C=O) groups is 1. The Balaban J connectivity index is 2.65. The fourth-order valence-electron chi connectivity index (χ4n) is 1.79. The highest BCUT2D eigenvalue weighted by Crippen LogP contribution is 2.30. The minimum absolute atomic E-state index is 0.204. The van der Waals surface area contributed by atoms with Crippen molar-refractivity contribution in [3.05, 3.63) is 33.8 Å². The van der Waals surface area contributed by atoms with Gasteiger partial charge in [-0.1, -0.05) is 23.7 Å². The van der Waals surface area contributed by atoms with Crippen molar-refractivity contribution in [1.29, 1.82) is 0 Å². The number of Topliss-reactive ketones (excluding diaryl/α,β-unsaturated/α-hetero) is 1. The normalized spacial score (nSPS) is 15.7. The number of rotatable bonds is 0. The Kier molecular flexibility index (Phi) is 2.12. The summed E-state index contributed by atoms with van der Waals surface area (Å²) in [4.78, 5) is 11.6. The van der Waals surface area contributed by atoms with Gasteiger partial charge in [-0.15, -0.1) is 0 Å². The topological polar surface area (TPSA) is 17.1 Å². The smallest absolute Gasteiger partial charge is 0.164 e. The molecule has 0 bridgehead atoms. The summed E-state index contributed by atoms with van der Waals surface area (Å²) in [5, 5.41) is 0.655. The third-order valence-corrected chi connectivity index (χ3v) is 3.04. The van der Waals surface area contributed by atoms with Crippen LogP contribution in [0.4, 0.5) is 0 Å². The van der Waals surface area contributed by atoms with E-state index in [-0.39, 0.29) is 5.78 Å². The lowest BCUT2D eigenvalue weighted by molar-refractivity contribution is 0.0972. The van der Waals surface area contributed by atoms with Crippen LogP contribution in [0.5, 0.6) is 0 Å². The zero-order chi connectivity index (χ0) is 9.42. The van der Waals surface area contributed by atoms with Gasteiger partial charge in [0.1, 0.15) is 0 Å². The molecule has 13 heavy (non-hydrogen) atoms. The highest BCUT2D eigenvalue weighted by atomic mass is 35.5. The minimum Gasteiger partial charge on any atom is -0.294 e. The maximum absolute atomic E-state index is 11.6. The van der Waals surface area contributed by atoms with Crippen molar-refractivity contribution in [3.63, 3.8) is 0 Å². The number of fused-ring (bicyclic) bond motifs is 1. The van der Waals surface area contributed by atoms with Crippen LogP contribution in [0.25, 0.3) is 0 Å². The summed E-state index contributed by atoms with van der Waals surface area (Å²) in [7, 11) is 0. The zero-order valence-electron chi connectivity index (χ0n) is 7.56. The second-order valence-electron chi connectivity index (χ2n) is 3.51. The monoisotopic (exact) mass is 194 g/mol. The van der Waals surface area contributed by atoms with Crippen molar-refractivity contribution in [2.45, 2.75) is 26.2 Å². The van der Waals surface area contributed by atoms with Gasteiger partial charge in [-0.2, -0.15) is 0 Å². The predicted molar refractivity (Wildman–Crippen MR) is 53.5 cm³/mol. The van der Waals surface area contributed by atoms with E-state index in [9.17, 15) is 4.79 Å². The first-order valence-electron chi connectivity index (χ1n) is 4.51. The van der Waals surface area contributed by atoms with Gasteiger partial charge in [0.2, 0.25) is 0 Å². The molecule has 0 aliphatic heterocycles. The molecule has 0 atom stereocenters. The molecule has 0 N–H and O–H groups in total. The summed E-state index contributed by atoms with van der Waals surface area (Å²) >= 11 is 6.09. The maximum Gasteiger partial charge on any atom is 0.164 e. The Bertz CT molecular complexity index is 369. The van der Waals surface area contributed by atoms with E-state index in [0.29, 0.717) is 11.4 Å². The molecule has 0 unspecified atom stereocenters. The molecular weight excluding hydrogens is 184 g/mol. The van der Waals surface area contributed by atoms with Crippen LogP contribution in [0.15, 0.2) is 12.1 Å². The Hall–Kier alpha value is -0.820. The fraction of sp³-hybridized carbons (Fsp3) is 0.364. The molecule has 1 nitrogen and oxygen atoms in total. The quantitative estimate of drug-likeness (QED) is 0.620. The van der Waals surface area contributed by atoms with Crippen molar-refractivity contribution in [2.75, 3.05) is 0 Å². The van der Waals surface area contributed by atoms with Gasteiger partial charge >= 0.3 is 0 Å². The zero-order valence-corrected chi connectivity index (χ0v) is 8.32. The molecule has 0 heterocycles. The Labute approximate surface area is 82.7 Å². The van der Waals surface area contributed by atoms with E-state index in [0.717, 1.165) is 29.5 Å². The molecule has 0 radical (unpaired) electrons. The van der Waals surface area contributed by atoms with Crippen LogP contribution in [0, 0.1) is 6.92 Å². The van der Waals surface area contributed by atoms with Crippen LogP contribution in [-0.2, 0) is 6.42 Å². The maximum atomic E-state index is 11.6. The Morgan fingerprint density at radius 3 is 2.85 bits per heavy atom. The molecule has 2 rings (SSSR count). The first kappa shape index (κ1) is 8.76. The van der Waals surface area contributed by atoms with E-state index in [1.54, 1.807) is 0 Å². The van der Waals surface area contributed by atoms with Crippen LogP contribution in [0.2, 0.25) is 5.02 Å². The van der Waals surface area contributed by atoms with Gasteiger partial charge in [-0.05, 0) is 30.9 Å². The van der Waals surface area contributed by atoms with Crippen molar-refractivity contribution in [1.82, 2.24) is 0 Å². The summed E-state index contributed by atoms with van der Waals surface area (Å²) < 4.78 is 0. The number of carbonyl (C=O) groups excluding carboxylic acids is 1. The molecular formula is C11H11ClO. The standard InChI is InChI=1S/C11H11ClO/c1-7-5-6-8-3-2-4-9(13)10(8)11(7)12/h5-6H,2-4H2,1H3. The average molecular weight is 195 g/mol. The van der Waals surface area contributed by atoms with Gasteiger partial charge in [0.25, 0.3) is 0 Å². The number of hydrogen-bond acceptors (Lipinski definition) is 1. The first-order valence-corrected chi connectivity index (χ1v) is 4.89. The molecule has 0 saturated heterocycles. The molecule has 1 aliphatic carbocycles. The fourth-order valence-corrected chi connectivity index (χ4v) is 2.08. The van der Waals surface area contributed by atoms with Crippen LogP contribution in [-0.4, -0.2) is 5.78 Å². The number of aryl methyl sites for hydroxylation is 2. The minimum atomic E-state index is 0.204. The lowest BCUT2D eigenvalue weighted by Gasteiger charge is -2.16. The van der Waals surface area contributed by atoms with Crippen LogP contribution >= 0.6 is 11.6 Å². The molecule has 0 spiro atoms. The predicted octanol–water partition coefficient (Wildman–Crippen LogP) is 3.17. The Morgan fingerprint density at radius 2 is 2.08 bits per heavy atom. The van der Waals surface area contributed by atoms with Gasteiger partial charge < -0.3 is 0 Å². The molecule has 0 amide bonds. The van der Waals surface area contributed by atoms with Crippen molar-refractivity contribution in [2.24, 2.45) is 0 Å². The number of ketones is 1. The summed E-state index contributed by atoms with van der Waals surface area (Å²) in [5.41, 5.74) is 2.88. The van der Waals surface area contributed by atoms with Crippen LogP contribution < -0.4 is 0 Å². The van der Waals surface area contributed by atoms with E-state index >= 15 is 0 Å². The number of benzene rings is 1. The summed E-state index contributed by atoms with van der Waals surface area (Å²) in [6, 6.07) is 4.01. The summed E-state index contributed by atoms with van der Waals surface area (Å²) in [6.45, 7) is 1.94. The van der Waals surface area contributed by atoms with E-state index in [1.807, 2.05) is 19.1 Å². The molecule has 0 aromatic heterocycles. The van der Waals surface area contributed by atoms with Crippen molar-refractivity contribution < 1.29 is 4.79 Å². The van der Waals surface area contributed by atoms with Gasteiger partial charge in [-0.25, -0.2) is 0 Å². The average Bonchev–Trinajstić information content (AvgIpc) is 2.12. The Morgan fingerprint density at radius 1 is 1.31 bits per heavy atom. The molecule has 1 aromatic rings. The lowest BCUT2D eigenvalue weighted by Crippen LogP contribution is -2.11. The molecule has 2 heteroatoms. The second-order valence-corrected chi connectivity index (χ2v) is 3.89. The van der Waals surface area contributed by atoms with Gasteiger partial charge in [0.05, 0.1) is 5.02 Å². The lowest BCUT2D eigenvalue weighted by atomic mass is 9.89. The van der Waals surface area contributed by atoms with E-state index in [2.05, 4.69) is 0 Å². The van der Waals surface area contributed by atoms with Crippen LogP contribution in [0.1, 0.15) is 34.3 Å². The molecule has 1 aromatic carbocycles. The van der Waals surface area contributed by atoms with E-state index < -0.39 is 0 Å². The van der Waals surface area contributed by atoms with E-state index in [4.69, 9.17) is 11.6 Å². The third-order valence-electron chi connectivity index (χ3n) is 2.55. The molecule has 1 aliphatic rings. The SMILES string of the molecule is Cc1ccc2c(c1Cl)C(=O)CCC2. The highest BCUT2D eigenvalue weighted by molar-refractivity contribution is 6.35. The van der Waals surface area contributed by atoms with Crippen LogP contribution in [0.3, 0.4) is 0 Å². The first-order chi connectivity index (χ1) is 6.20. The van der Waals surface area contributed by atoms with Gasteiger partial charge in [-0.3, -0.25) is 4.79 Å². The van der Waals surface area contributed by atoms with E-state index in [1.165, 1.54) is 0 Å². The summed E-state index contributed by atoms with van der Waals surface area (Å²) in [6.07, 6.45) is 2.60. The van der Waals surface area contributed by atoms with Crippen molar-refractivity contribution in [3.8, 4) is 0 Å². The molecule has 0 saturated carbocycles. The number of hydrogen-bond donors (Lipinski definition) is 0.